The monoisotopic (exact) mass is 419 g/mol. The number of benzene rings is 2. The van der Waals surface area contributed by atoms with Crippen molar-refractivity contribution in [2.75, 3.05) is 0 Å². The molecule has 0 amide bonds. The molecule has 0 bridgehead atoms. The summed E-state index contributed by atoms with van der Waals surface area (Å²) in [5.74, 6) is -0.406. The molecule has 0 aliphatic heterocycles. The molecule has 0 unspecified atom stereocenters. The molecule has 150 valence electrons. The number of allylic oxidation sites excluding steroid dienone is 1. The van der Waals surface area contributed by atoms with Crippen LogP contribution >= 0.6 is 0 Å². The fourth-order valence-corrected chi connectivity index (χ4v) is 3.72. The van der Waals surface area contributed by atoms with Crippen molar-refractivity contribution in [3.05, 3.63) is 90.1 Å². The van der Waals surface area contributed by atoms with Gasteiger partial charge in [0.2, 0.25) is 0 Å². The Morgan fingerprint density at radius 1 is 0.839 bits per heavy atom. The maximum absolute atomic E-state index is 11.8. The van der Waals surface area contributed by atoms with Crippen molar-refractivity contribution < 1.29 is 14.7 Å². The van der Waals surface area contributed by atoms with E-state index < -0.39 is 0 Å². The Balaban J connectivity index is 0.00000272. The molecule has 0 spiro atoms. The summed E-state index contributed by atoms with van der Waals surface area (Å²) >= 11 is 0. The summed E-state index contributed by atoms with van der Waals surface area (Å²) in [5.41, 5.74) is 4.91. The van der Waals surface area contributed by atoms with E-state index in [1.807, 2.05) is 77.3 Å². The number of carbonyl (C=O) groups is 2. The van der Waals surface area contributed by atoms with Crippen LogP contribution in [0.3, 0.4) is 0 Å². The van der Waals surface area contributed by atoms with E-state index in [0.29, 0.717) is 11.1 Å². The van der Waals surface area contributed by atoms with E-state index in [2.05, 4.69) is 0 Å². The standard InChI is InChI=1S/C26H21NO3.Na.H/c1-17(28)22(18(2)29)15-19-13-14-27-23(16-19)26(30)24(20-9-5-3-6-10-20)25(27)21-11-7-4-8-12-21;;/h3-16,30H,1-2H3;;. The molecule has 0 aliphatic rings. The van der Waals surface area contributed by atoms with Gasteiger partial charge in [-0.25, -0.2) is 0 Å². The first-order chi connectivity index (χ1) is 14.5. The molecule has 0 saturated carbocycles. The van der Waals surface area contributed by atoms with Crippen LogP contribution in [0.25, 0.3) is 34.0 Å². The summed E-state index contributed by atoms with van der Waals surface area (Å²) in [6.07, 6.45) is 3.43. The predicted octanol–water partition coefficient (Wildman–Crippen LogP) is 4.89. The molecule has 2 heterocycles. The van der Waals surface area contributed by atoms with Crippen LogP contribution in [0.1, 0.15) is 19.4 Å². The number of hydrogen-bond donors (Lipinski definition) is 1. The van der Waals surface area contributed by atoms with E-state index in [-0.39, 0.29) is 52.4 Å². The third kappa shape index (κ3) is 4.42. The molecular weight excluding hydrogens is 397 g/mol. The molecule has 0 radical (unpaired) electrons. The Hall–Kier alpha value is -2.92. The predicted molar refractivity (Wildman–Crippen MR) is 126 cm³/mol. The average molecular weight is 419 g/mol. The van der Waals surface area contributed by atoms with E-state index in [9.17, 15) is 14.7 Å². The van der Waals surface area contributed by atoms with Gasteiger partial charge in [0.15, 0.2) is 11.6 Å². The molecule has 4 aromatic rings. The molecule has 2 aromatic carbocycles. The zero-order valence-electron chi connectivity index (χ0n) is 16.8. The molecular formula is C26H22NNaO3. The molecule has 2 aromatic heterocycles. The quantitative estimate of drug-likeness (QED) is 0.217. The maximum atomic E-state index is 11.8. The molecule has 5 heteroatoms. The Morgan fingerprint density at radius 3 is 1.94 bits per heavy atom. The van der Waals surface area contributed by atoms with Gasteiger partial charge >= 0.3 is 29.6 Å². The molecule has 4 rings (SSSR count). The number of rotatable bonds is 5. The van der Waals surface area contributed by atoms with Crippen LogP contribution in [0.5, 0.6) is 5.75 Å². The minimum atomic E-state index is -0.281. The zero-order valence-corrected chi connectivity index (χ0v) is 16.8. The second-order valence-electron chi connectivity index (χ2n) is 7.19. The second kappa shape index (κ2) is 9.48. The van der Waals surface area contributed by atoms with Gasteiger partial charge in [-0.15, -0.1) is 0 Å². The van der Waals surface area contributed by atoms with Gasteiger partial charge in [-0.1, -0.05) is 60.7 Å². The third-order valence-corrected chi connectivity index (χ3v) is 5.12. The van der Waals surface area contributed by atoms with Crippen molar-refractivity contribution in [2.24, 2.45) is 0 Å². The molecule has 0 atom stereocenters. The topological polar surface area (TPSA) is 58.8 Å². The van der Waals surface area contributed by atoms with E-state index in [0.717, 1.165) is 22.4 Å². The third-order valence-electron chi connectivity index (χ3n) is 5.12. The zero-order chi connectivity index (χ0) is 21.3. The number of ketones is 2. The number of fused-ring (bicyclic) bond motifs is 1. The number of aromatic hydroxyl groups is 1. The summed E-state index contributed by atoms with van der Waals surface area (Å²) in [6, 6.07) is 23.2. The number of nitrogens with zero attached hydrogens (tertiary/aromatic N) is 1. The van der Waals surface area contributed by atoms with Crippen LogP contribution in [0.4, 0.5) is 0 Å². The Labute approximate surface area is 203 Å². The van der Waals surface area contributed by atoms with Crippen LogP contribution in [0.15, 0.2) is 84.6 Å². The van der Waals surface area contributed by atoms with Crippen LogP contribution < -0.4 is 0 Å². The van der Waals surface area contributed by atoms with Gasteiger partial charge in [-0.3, -0.25) is 9.59 Å². The van der Waals surface area contributed by atoms with Gasteiger partial charge in [0.05, 0.1) is 22.3 Å². The van der Waals surface area contributed by atoms with Gasteiger partial charge in [-0.2, -0.15) is 0 Å². The van der Waals surface area contributed by atoms with Gasteiger partial charge < -0.3 is 9.51 Å². The van der Waals surface area contributed by atoms with Gasteiger partial charge in [0.25, 0.3) is 0 Å². The average Bonchev–Trinajstić information content (AvgIpc) is 3.05. The van der Waals surface area contributed by atoms with Crippen molar-refractivity contribution in [1.82, 2.24) is 4.40 Å². The van der Waals surface area contributed by atoms with Gasteiger partial charge in [-0.05, 0) is 48.7 Å². The molecule has 0 saturated heterocycles. The summed E-state index contributed by atoms with van der Waals surface area (Å²) in [5, 5.41) is 11.2. The van der Waals surface area contributed by atoms with E-state index >= 15 is 0 Å². The van der Waals surface area contributed by atoms with Crippen molar-refractivity contribution >= 4 is 52.7 Å². The number of hydrogen-bond acceptors (Lipinski definition) is 3. The number of carbonyl (C=O) groups excluding carboxylic acids is 2. The van der Waals surface area contributed by atoms with Crippen LogP contribution in [0.2, 0.25) is 0 Å². The summed E-state index contributed by atoms with van der Waals surface area (Å²) in [4.78, 5) is 23.6. The van der Waals surface area contributed by atoms with E-state index in [1.54, 1.807) is 12.1 Å². The van der Waals surface area contributed by atoms with Crippen molar-refractivity contribution in [2.45, 2.75) is 13.8 Å². The van der Waals surface area contributed by atoms with Crippen LogP contribution in [-0.4, -0.2) is 50.6 Å². The Morgan fingerprint density at radius 2 is 1.39 bits per heavy atom. The van der Waals surface area contributed by atoms with Crippen molar-refractivity contribution in [1.29, 1.82) is 0 Å². The first kappa shape index (κ1) is 22.8. The van der Waals surface area contributed by atoms with Crippen molar-refractivity contribution in [3.63, 3.8) is 0 Å². The molecule has 4 nitrogen and oxygen atoms in total. The van der Waals surface area contributed by atoms with Crippen LogP contribution in [0, 0.1) is 0 Å². The summed E-state index contributed by atoms with van der Waals surface area (Å²) < 4.78 is 1.94. The first-order valence-corrected chi connectivity index (χ1v) is 9.69. The molecule has 0 fully saturated rings. The second-order valence-corrected chi connectivity index (χ2v) is 7.19. The number of aromatic nitrogens is 1. The van der Waals surface area contributed by atoms with E-state index in [4.69, 9.17) is 0 Å². The van der Waals surface area contributed by atoms with Crippen molar-refractivity contribution in [3.8, 4) is 28.1 Å². The number of pyridine rings is 1. The normalized spacial score (nSPS) is 10.4. The van der Waals surface area contributed by atoms with Gasteiger partial charge in [0.1, 0.15) is 5.75 Å². The minimum absolute atomic E-state index is 0. The molecule has 1 N–H and O–H groups in total. The summed E-state index contributed by atoms with van der Waals surface area (Å²) in [6.45, 7) is 2.75. The molecule has 0 aliphatic carbocycles. The van der Waals surface area contributed by atoms with Gasteiger partial charge in [0, 0.05) is 6.20 Å². The summed E-state index contributed by atoms with van der Waals surface area (Å²) in [7, 11) is 0. The fraction of sp³-hybridized carbons (Fsp3) is 0.0769. The molecule has 31 heavy (non-hydrogen) atoms. The Kier molecular flexibility index (Phi) is 6.96. The Bertz CT molecular complexity index is 1270. The van der Waals surface area contributed by atoms with E-state index in [1.165, 1.54) is 13.8 Å². The fourth-order valence-electron chi connectivity index (χ4n) is 3.72. The van der Waals surface area contributed by atoms with Crippen LogP contribution in [-0.2, 0) is 9.59 Å². The first-order valence-electron chi connectivity index (χ1n) is 9.69. The number of Topliss-reactive ketones (excluding diaryl/α,β-unsaturated/α-hetero) is 2. The SMILES string of the molecule is CC(=O)C(=Cc1ccn2c(-c3ccccc3)c(-c3ccccc3)c(O)c2c1)C(C)=O.[NaH].